The van der Waals surface area contributed by atoms with Gasteiger partial charge in [0.05, 0.1) is 17.7 Å². The molecular formula is C15H18N2O3S. The number of rotatable bonds is 5. The summed E-state index contributed by atoms with van der Waals surface area (Å²) < 4.78 is 32.3. The van der Waals surface area contributed by atoms with Crippen molar-refractivity contribution in [2.45, 2.75) is 18.2 Å². The van der Waals surface area contributed by atoms with Crippen LogP contribution in [0.1, 0.15) is 12.5 Å². The molecule has 0 saturated carbocycles. The molecule has 0 amide bonds. The Hall–Kier alpha value is -2.21. The van der Waals surface area contributed by atoms with Crippen LogP contribution in [0.4, 0.5) is 11.4 Å². The molecule has 2 aromatic carbocycles. The van der Waals surface area contributed by atoms with Gasteiger partial charge >= 0.3 is 0 Å². The van der Waals surface area contributed by atoms with Gasteiger partial charge in [0.1, 0.15) is 5.75 Å². The monoisotopic (exact) mass is 306 g/mol. The van der Waals surface area contributed by atoms with Gasteiger partial charge in [0.15, 0.2) is 0 Å². The summed E-state index contributed by atoms with van der Waals surface area (Å²) >= 11 is 0. The Kier molecular flexibility index (Phi) is 4.37. The number of hydrogen-bond acceptors (Lipinski definition) is 4. The maximum Gasteiger partial charge on any atom is 0.261 e. The molecule has 0 unspecified atom stereocenters. The van der Waals surface area contributed by atoms with Crippen LogP contribution in [0.3, 0.4) is 0 Å². The van der Waals surface area contributed by atoms with Crippen molar-refractivity contribution in [1.29, 1.82) is 0 Å². The molecule has 5 nitrogen and oxygen atoms in total. The van der Waals surface area contributed by atoms with Gasteiger partial charge in [-0.3, -0.25) is 4.72 Å². The van der Waals surface area contributed by atoms with E-state index in [0.29, 0.717) is 17.1 Å². The Labute approximate surface area is 124 Å². The van der Waals surface area contributed by atoms with Gasteiger partial charge in [-0.2, -0.15) is 0 Å². The minimum absolute atomic E-state index is 0.139. The first-order chi connectivity index (χ1) is 9.96. The average molecular weight is 306 g/mol. The Morgan fingerprint density at radius 2 is 1.95 bits per heavy atom. The third-order valence-corrected chi connectivity index (χ3v) is 4.51. The zero-order valence-electron chi connectivity index (χ0n) is 12.0. The van der Waals surface area contributed by atoms with Crippen LogP contribution >= 0.6 is 0 Å². The number of sulfonamides is 1. The summed E-state index contributed by atoms with van der Waals surface area (Å²) in [6, 6.07) is 11.5. The highest BCUT2D eigenvalue weighted by Gasteiger charge is 2.15. The van der Waals surface area contributed by atoms with Gasteiger partial charge in [-0.15, -0.1) is 0 Å². The van der Waals surface area contributed by atoms with Crippen LogP contribution in [0.2, 0.25) is 0 Å². The zero-order valence-corrected chi connectivity index (χ0v) is 12.8. The SMILES string of the molecule is CCc1ccc(S(=O)(=O)Nc2cccc(OC)c2)cc1N. The lowest BCUT2D eigenvalue weighted by molar-refractivity contribution is 0.415. The first kappa shape index (κ1) is 15.2. The molecule has 2 aromatic rings. The third-order valence-electron chi connectivity index (χ3n) is 3.13. The molecule has 0 aromatic heterocycles. The molecule has 3 N–H and O–H groups in total. The van der Waals surface area contributed by atoms with Gasteiger partial charge in [0.25, 0.3) is 10.0 Å². The van der Waals surface area contributed by atoms with E-state index in [2.05, 4.69) is 4.72 Å². The number of anilines is 2. The van der Waals surface area contributed by atoms with Crippen LogP contribution in [0.25, 0.3) is 0 Å². The summed E-state index contributed by atoms with van der Waals surface area (Å²) in [6.07, 6.45) is 0.759. The first-order valence-electron chi connectivity index (χ1n) is 6.51. The second kappa shape index (κ2) is 6.05. The number of nitrogen functional groups attached to an aromatic ring is 1. The Morgan fingerprint density at radius 1 is 1.19 bits per heavy atom. The van der Waals surface area contributed by atoms with Crippen molar-refractivity contribution in [2.24, 2.45) is 0 Å². The molecular weight excluding hydrogens is 288 g/mol. The standard InChI is InChI=1S/C15H18N2O3S/c1-3-11-7-8-14(10-15(11)16)21(18,19)17-12-5-4-6-13(9-12)20-2/h4-10,17H,3,16H2,1-2H3. The lowest BCUT2D eigenvalue weighted by atomic mass is 10.1. The van der Waals surface area contributed by atoms with Crippen molar-refractivity contribution < 1.29 is 13.2 Å². The third kappa shape index (κ3) is 3.46. The molecule has 0 heterocycles. The molecule has 0 spiro atoms. The second-order valence-corrected chi connectivity index (χ2v) is 6.23. The predicted molar refractivity (Wildman–Crippen MR) is 84.0 cm³/mol. The smallest absolute Gasteiger partial charge is 0.261 e. The number of nitrogens with one attached hydrogen (secondary N) is 1. The van der Waals surface area contributed by atoms with Gasteiger partial charge in [-0.1, -0.05) is 19.1 Å². The molecule has 6 heteroatoms. The van der Waals surface area contributed by atoms with E-state index in [1.165, 1.54) is 13.2 Å². The van der Waals surface area contributed by atoms with Crippen LogP contribution in [-0.4, -0.2) is 15.5 Å². The fourth-order valence-corrected chi connectivity index (χ4v) is 3.05. The quantitative estimate of drug-likeness (QED) is 0.832. The van der Waals surface area contributed by atoms with E-state index in [0.717, 1.165) is 12.0 Å². The highest BCUT2D eigenvalue weighted by Crippen LogP contribution is 2.23. The van der Waals surface area contributed by atoms with Crippen molar-refractivity contribution in [3.63, 3.8) is 0 Å². The molecule has 0 atom stereocenters. The lowest BCUT2D eigenvalue weighted by Gasteiger charge is -2.11. The molecule has 112 valence electrons. The van der Waals surface area contributed by atoms with Crippen LogP contribution < -0.4 is 15.2 Å². The minimum Gasteiger partial charge on any atom is -0.497 e. The van der Waals surface area contributed by atoms with Gasteiger partial charge in [-0.05, 0) is 36.2 Å². The van der Waals surface area contributed by atoms with Crippen molar-refractivity contribution in [1.82, 2.24) is 0 Å². The van der Waals surface area contributed by atoms with Crippen molar-refractivity contribution in [3.8, 4) is 5.75 Å². The molecule has 0 saturated heterocycles. The normalized spacial score (nSPS) is 11.1. The fraction of sp³-hybridized carbons (Fsp3) is 0.200. The minimum atomic E-state index is -3.67. The number of ether oxygens (including phenoxy) is 1. The largest absolute Gasteiger partial charge is 0.497 e. The number of nitrogens with two attached hydrogens (primary N) is 1. The Balaban J connectivity index is 2.31. The summed E-state index contributed by atoms with van der Waals surface area (Å²) in [4.78, 5) is 0.139. The Bertz CT molecular complexity index is 742. The summed E-state index contributed by atoms with van der Waals surface area (Å²) in [5.74, 6) is 0.580. The van der Waals surface area contributed by atoms with Gasteiger partial charge < -0.3 is 10.5 Å². The second-order valence-electron chi connectivity index (χ2n) is 4.55. The van der Waals surface area contributed by atoms with Crippen LogP contribution in [0.5, 0.6) is 5.75 Å². The Morgan fingerprint density at radius 3 is 2.57 bits per heavy atom. The molecule has 21 heavy (non-hydrogen) atoms. The average Bonchev–Trinajstić information content (AvgIpc) is 2.47. The maximum atomic E-state index is 12.3. The lowest BCUT2D eigenvalue weighted by Crippen LogP contribution is -2.13. The van der Waals surface area contributed by atoms with E-state index in [4.69, 9.17) is 10.5 Å². The summed E-state index contributed by atoms with van der Waals surface area (Å²) in [5, 5.41) is 0. The van der Waals surface area contributed by atoms with E-state index >= 15 is 0 Å². The van der Waals surface area contributed by atoms with E-state index in [1.807, 2.05) is 6.92 Å². The number of aryl methyl sites for hydroxylation is 1. The highest BCUT2D eigenvalue weighted by atomic mass is 32.2. The van der Waals surface area contributed by atoms with E-state index in [-0.39, 0.29) is 4.90 Å². The number of methoxy groups -OCH3 is 1. The molecule has 0 aliphatic carbocycles. The highest BCUT2D eigenvalue weighted by molar-refractivity contribution is 7.92. The summed E-state index contributed by atoms with van der Waals surface area (Å²) in [6.45, 7) is 1.97. The molecule has 0 fully saturated rings. The maximum absolute atomic E-state index is 12.3. The topological polar surface area (TPSA) is 81.4 Å². The summed E-state index contributed by atoms with van der Waals surface area (Å²) in [5.41, 5.74) is 7.70. The molecule has 0 aliphatic rings. The van der Waals surface area contributed by atoms with E-state index < -0.39 is 10.0 Å². The zero-order chi connectivity index (χ0) is 15.5. The van der Waals surface area contributed by atoms with Gasteiger partial charge in [0, 0.05) is 11.8 Å². The van der Waals surface area contributed by atoms with Gasteiger partial charge in [0.2, 0.25) is 0 Å². The van der Waals surface area contributed by atoms with Crippen molar-refractivity contribution >= 4 is 21.4 Å². The van der Waals surface area contributed by atoms with Gasteiger partial charge in [-0.25, -0.2) is 8.42 Å². The van der Waals surface area contributed by atoms with Crippen LogP contribution in [0, 0.1) is 0 Å². The van der Waals surface area contributed by atoms with E-state index in [1.54, 1.807) is 36.4 Å². The molecule has 2 rings (SSSR count). The van der Waals surface area contributed by atoms with Crippen molar-refractivity contribution in [2.75, 3.05) is 17.6 Å². The van der Waals surface area contributed by atoms with Crippen molar-refractivity contribution in [3.05, 3.63) is 48.0 Å². The first-order valence-corrected chi connectivity index (χ1v) is 8.00. The van der Waals surface area contributed by atoms with Crippen LogP contribution in [0.15, 0.2) is 47.4 Å². The number of benzene rings is 2. The molecule has 0 radical (unpaired) electrons. The summed E-state index contributed by atoms with van der Waals surface area (Å²) in [7, 11) is -2.15. The van der Waals surface area contributed by atoms with E-state index in [9.17, 15) is 8.42 Å². The van der Waals surface area contributed by atoms with Crippen LogP contribution in [-0.2, 0) is 16.4 Å². The number of hydrogen-bond donors (Lipinski definition) is 2. The fourth-order valence-electron chi connectivity index (χ4n) is 1.96. The predicted octanol–water partition coefficient (Wildman–Crippen LogP) is 2.64. The molecule has 0 bridgehead atoms. The molecule has 0 aliphatic heterocycles.